The molecule has 5 heteroatoms. The first kappa shape index (κ1) is 14.8. The summed E-state index contributed by atoms with van der Waals surface area (Å²) in [6, 6.07) is 5.29. The number of carbonyl (C=O) groups is 1. The van der Waals surface area contributed by atoms with Gasteiger partial charge in [0.25, 0.3) is 0 Å². The molecule has 1 aliphatic rings. The Hall–Kier alpha value is -1.62. The van der Waals surface area contributed by atoms with Gasteiger partial charge in [0.1, 0.15) is 5.82 Å². The SMILES string of the molecule is O=C(NCC1(CO)CCCCC1)Nc1ccc(F)cc1. The van der Waals surface area contributed by atoms with Crippen LogP contribution in [0.1, 0.15) is 32.1 Å². The zero-order valence-electron chi connectivity index (χ0n) is 11.5. The number of carbonyl (C=O) groups excluding carboxylic acids is 1. The highest BCUT2D eigenvalue weighted by Crippen LogP contribution is 2.35. The minimum Gasteiger partial charge on any atom is -0.396 e. The summed E-state index contributed by atoms with van der Waals surface area (Å²) in [5, 5.41) is 15.0. The molecule has 0 radical (unpaired) electrons. The highest BCUT2D eigenvalue weighted by molar-refractivity contribution is 5.89. The summed E-state index contributed by atoms with van der Waals surface area (Å²) in [5.41, 5.74) is 0.365. The maximum atomic E-state index is 12.8. The van der Waals surface area contributed by atoms with Crippen molar-refractivity contribution in [3.63, 3.8) is 0 Å². The first-order chi connectivity index (χ1) is 9.63. The quantitative estimate of drug-likeness (QED) is 0.794. The fraction of sp³-hybridized carbons (Fsp3) is 0.533. The van der Waals surface area contributed by atoms with Crippen LogP contribution in [0.5, 0.6) is 0 Å². The van der Waals surface area contributed by atoms with Crippen molar-refractivity contribution in [2.24, 2.45) is 5.41 Å². The van der Waals surface area contributed by atoms with Crippen molar-refractivity contribution in [3.8, 4) is 0 Å². The van der Waals surface area contributed by atoms with E-state index in [1.54, 1.807) is 0 Å². The number of hydrogen-bond acceptors (Lipinski definition) is 2. The third kappa shape index (κ3) is 3.93. The van der Waals surface area contributed by atoms with E-state index in [1.807, 2.05) is 0 Å². The monoisotopic (exact) mass is 280 g/mol. The molecule has 20 heavy (non-hydrogen) atoms. The summed E-state index contributed by atoms with van der Waals surface area (Å²) >= 11 is 0. The Balaban J connectivity index is 1.83. The number of aliphatic hydroxyl groups is 1. The Bertz CT molecular complexity index is 442. The molecular formula is C15H21FN2O2. The van der Waals surface area contributed by atoms with Crippen molar-refractivity contribution in [1.82, 2.24) is 5.32 Å². The molecule has 0 saturated heterocycles. The van der Waals surface area contributed by atoms with Gasteiger partial charge in [-0.15, -0.1) is 0 Å². The molecule has 4 nitrogen and oxygen atoms in total. The summed E-state index contributed by atoms with van der Waals surface area (Å²) in [4.78, 5) is 11.8. The van der Waals surface area contributed by atoms with Crippen molar-refractivity contribution in [2.75, 3.05) is 18.5 Å². The predicted octanol–water partition coefficient (Wildman–Crippen LogP) is 2.89. The first-order valence-electron chi connectivity index (χ1n) is 7.05. The standard InChI is InChI=1S/C15H21FN2O2/c16-12-4-6-13(7-5-12)18-14(20)17-10-15(11-19)8-2-1-3-9-15/h4-7,19H,1-3,8-11H2,(H2,17,18,20). The van der Waals surface area contributed by atoms with Gasteiger partial charge in [-0.25, -0.2) is 9.18 Å². The van der Waals surface area contributed by atoms with Gasteiger partial charge in [-0.1, -0.05) is 19.3 Å². The van der Waals surface area contributed by atoms with Crippen molar-refractivity contribution >= 4 is 11.7 Å². The van der Waals surface area contributed by atoms with E-state index < -0.39 is 0 Å². The Labute approximate surface area is 118 Å². The van der Waals surface area contributed by atoms with Crippen LogP contribution in [-0.2, 0) is 0 Å². The van der Waals surface area contributed by atoms with E-state index in [2.05, 4.69) is 10.6 Å². The van der Waals surface area contributed by atoms with E-state index in [4.69, 9.17) is 0 Å². The van der Waals surface area contributed by atoms with E-state index in [-0.39, 0.29) is 23.9 Å². The molecule has 0 bridgehead atoms. The molecule has 0 heterocycles. The topological polar surface area (TPSA) is 61.4 Å². The van der Waals surface area contributed by atoms with Crippen LogP contribution in [-0.4, -0.2) is 24.3 Å². The minimum atomic E-state index is -0.336. The number of benzene rings is 1. The molecule has 0 spiro atoms. The van der Waals surface area contributed by atoms with Crippen LogP contribution in [0.2, 0.25) is 0 Å². The van der Waals surface area contributed by atoms with Crippen LogP contribution >= 0.6 is 0 Å². The summed E-state index contributed by atoms with van der Waals surface area (Å²) in [6.07, 6.45) is 5.29. The lowest BCUT2D eigenvalue weighted by Gasteiger charge is -2.35. The van der Waals surface area contributed by atoms with Gasteiger partial charge in [0.05, 0.1) is 6.61 Å². The summed E-state index contributed by atoms with van der Waals surface area (Å²) in [5.74, 6) is -0.336. The van der Waals surface area contributed by atoms with Crippen LogP contribution in [0.25, 0.3) is 0 Å². The molecule has 1 fully saturated rings. The summed E-state index contributed by atoms with van der Waals surface area (Å²) < 4.78 is 12.8. The molecule has 1 aliphatic carbocycles. The highest BCUT2D eigenvalue weighted by Gasteiger charge is 2.31. The number of urea groups is 1. The molecule has 2 amide bonds. The van der Waals surface area contributed by atoms with Gasteiger partial charge in [0, 0.05) is 17.6 Å². The molecule has 0 aliphatic heterocycles. The second-order valence-electron chi connectivity index (χ2n) is 5.53. The van der Waals surface area contributed by atoms with Gasteiger partial charge < -0.3 is 15.7 Å². The fourth-order valence-corrected chi connectivity index (χ4v) is 2.67. The van der Waals surface area contributed by atoms with Gasteiger partial charge in [0.15, 0.2) is 0 Å². The Morgan fingerprint density at radius 3 is 2.45 bits per heavy atom. The van der Waals surface area contributed by atoms with E-state index in [9.17, 15) is 14.3 Å². The maximum Gasteiger partial charge on any atom is 0.319 e. The molecule has 1 saturated carbocycles. The van der Waals surface area contributed by atoms with Crippen LogP contribution in [0.15, 0.2) is 24.3 Å². The fourth-order valence-electron chi connectivity index (χ4n) is 2.67. The summed E-state index contributed by atoms with van der Waals surface area (Å²) in [6.45, 7) is 0.570. The Morgan fingerprint density at radius 1 is 1.20 bits per heavy atom. The van der Waals surface area contributed by atoms with Gasteiger partial charge >= 0.3 is 6.03 Å². The molecule has 2 rings (SSSR count). The predicted molar refractivity (Wildman–Crippen MR) is 76.0 cm³/mol. The number of hydrogen-bond donors (Lipinski definition) is 3. The summed E-state index contributed by atoms with van der Waals surface area (Å²) in [7, 11) is 0. The molecule has 0 aromatic heterocycles. The normalized spacial score (nSPS) is 17.5. The van der Waals surface area contributed by atoms with E-state index in [0.29, 0.717) is 12.2 Å². The van der Waals surface area contributed by atoms with E-state index in [0.717, 1.165) is 25.7 Å². The van der Waals surface area contributed by atoms with Gasteiger partial charge in [-0.3, -0.25) is 0 Å². The number of nitrogens with one attached hydrogen (secondary N) is 2. The van der Waals surface area contributed by atoms with Crippen molar-refractivity contribution in [3.05, 3.63) is 30.1 Å². The van der Waals surface area contributed by atoms with Crippen molar-refractivity contribution in [2.45, 2.75) is 32.1 Å². The molecule has 3 N–H and O–H groups in total. The second kappa shape index (κ2) is 6.70. The number of aliphatic hydroxyl groups excluding tert-OH is 1. The average Bonchev–Trinajstić information content (AvgIpc) is 2.49. The zero-order valence-corrected chi connectivity index (χ0v) is 11.5. The number of amides is 2. The van der Waals surface area contributed by atoms with Crippen LogP contribution in [0, 0.1) is 11.2 Å². The maximum absolute atomic E-state index is 12.8. The zero-order chi connectivity index (χ0) is 14.4. The number of anilines is 1. The molecule has 0 unspecified atom stereocenters. The van der Waals surface area contributed by atoms with Gasteiger partial charge in [0.2, 0.25) is 0 Å². The minimum absolute atomic E-state index is 0.101. The third-order valence-corrected chi connectivity index (χ3v) is 3.98. The van der Waals surface area contributed by atoms with Crippen molar-refractivity contribution in [1.29, 1.82) is 0 Å². The average molecular weight is 280 g/mol. The molecular weight excluding hydrogens is 259 g/mol. The smallest absolute Gasteiger partial charge is 0.319 e. The van der Waals surface area contributed by atoms with Crippen LogP contribution < -0.4 is 10.6 Å². The largest absolute Gasteiger partial charge is 0.396 e. The van der Waals surface area contributed by atoms with E-state index >= 15 is 0 Å². The lowest BCUT2D eigenvalue weighted by atomic mass is 9.74. The van der Waals surface area contributed by atoms with Gasteiger partial charge in [-0.05, 0) is 37.1 Å². The number of rotatable bonds is 4. The number of halogens is 1. The molecule has 1 aromatic rings. The third-order valence-electron chi connectivity index (χ3n) is 3.98. The Kier molecular flexibility index (Phi) is 4.95. The molecule has 1 aromatic carbocycles. The Morgan fingerprint density at radius 2 is 1.85 bits per heavy atom. The molecule has 110 valence electrons. The molecule has 0 atom stereocenters. The second-order valence-corrected chi connectivity index (χ2v) is 5.53. The lowest BCUT2D eigenvalue weighted by molar-refractivity contribution is 0.0840. The lowest BCUT2D eigenvalue weighted by Crippen LogP contribution is -2.42. The van der Waals surface area contributed by atoms with Crippen LogP contribution in [0.4, 0.5) is 14.9 Å². The first-order valence-corrected chi connectivity index (χ1v) is 7.05. The highest BCUT2D eigenvalue weighted by atomic mass is 19.1. The van der Waals surface area contributed by atoms with Crippen LogP contribution in [0.3, 0.4) is 0 Å². The van der Waals surface area contributed by atoms with Gasteiger partial charge in [-0.2, -0.15) is 0 Å². The van der Waals surface area contributed by atoms with E-state index in [1.165, 1.54) is 30.7 Å². The van der Waals surface area contributed by atoms with Crippen molar-refractivity contribution < 1.29 is 14.3 Å².